The maximum Gasteiger partial charge on any atom is 0.188 e. The Morgan fingerprint density at radius 2 is 2.22 bits per heavy atom. The molecule has 0 heterocycles. The van der Waals surface area contributed by atoms with Crippen LogP contribution in [0.5, 0.6) is 0 Å². The van der Waals surface area contributed by atoms with Gasteiger partial charge in [0.2, 0.25) is 0 Å². The molecule has 0 aliphatic carbocycles. The average molecular weight is 272 g/mol. The first-order valence-electron chi connectivity index (χ1n) is 5.96. The molecule has 0 aliphatic rings. The Morgan fingerprint density at radius 1 is 1.50 bits per heavy atom. The Balaban J connectivity index is 2.39. The second-order valence-corrected chi connectivity index (χ2v) is 4.94. The van der Waals surface area contributed by atoms with Crippen LogP contribution in [0.15, 0.2) is 23.2 Å². The Kier molecular flexibility index (Phi) is 5.92. The maximum atomic E-state index is 12.8. The van der Waals surface area contributed by atoms with Gasteiger partial charge in [-0.2, -0.15) is 0 Å². The molecule has 0 saturated carbocycles. The van der Waals surface area contributed by atoms with Crippen molar-refractivity contribution in [3.8, 4) is 0 Å². The minimum absolute atomic E-state index is 0.324. The number of nitrogens with zero attached hydrogens (tertiary/aromatic N) is 1. The molecule has 0 saturated heterocycles. The largest absolute Gasteiger partial charge is 0.370 e. The molecule has 18 heavy (non-hydrogen) atoms. The van der Waals surface area contributed by atoms with Crippen molar-refractivity contribution in [2.75, 3.05) is 13.1 Å². The molecule has 1 aromatic carbocycles. The first-order valence-corrected chi connectivity index (χ1v) is 6.34. The molecule has 3 N–H and O–H groups in total. The van der Waals surface area contributed by atoms with Crippen LogP contribution in [0.25, 0.3) is 0 Å². The van der Waals surface area contributed by atoms with Crippen molar-refractivity contribution < 1.29 is 4.39 Å². The molecule has 1 rings (SSSR count). The predicted molar refractivity (Wildman–Crippen MR) is 74.4 cm³/mol. The lowest BCUT2D eigenvalue weighted by molar-refractivity contribution is 0.627. The van der Waals surface area contributed by atoms with Crippen LogP contribution in [0, 0.1) is 11.7 Å². The second-order valence-electron chi connectivity index (χ2n) is 4.53. The van der Waals surface area contributed by atoms with E-state index in [-0.39, 0.29) is 5.82 Å². The first kappa shape index (κ1) is 14.8. The number of rotatable bonds is 5. The van der Waals surface area contributed by atoms with E-state index < -0.39 is 0 Å². The smallest absolute Gasteiger partial charge is 0.188 e. The van der Waals surface area contributed by atoms with Gasteiger partial charge < -0.3 is 11.1 Å². The van der Waals surface area contributed by atoms with Gasteiger partial charge in [-0.1, -0.05) is 31.5 Å². The van der Waals surface area contributed by atoms with Crippen LogP contribution in [0.2, 0.25) is 5.02 Å². The molecule has 0 radical (unpaired) electrons. The van der Waals surface area contributed by atoms with Gasteiger partial charge in [-0.25, -0.2) is 4.39 Å². The predicted octanol–water partition coefficient (Wildman–Crippen LogP) is 2.58. The minimum atomic E-state index is -0.324. The first-order chi connectivity index (χ1) is 8.49. The van der Waals surface area contributed by atoms with E-state index in [1.807, 2.05) is 0 Å². The number of hydrogen-bond acceptors (Lipinski definition) is 1. The van der Waals surface area contributed by atoms with Gasteiger partial charge in [0.15, 0.2) is 5.96 Å². The monoisotopic (exact) mass is 271 g/mol. The molecule has 0 unspecified atom stereocenters. The number of nitrogens with one attached hydrogen (secondary N) is 1. The summed E-state index contributed by atoms with van der Waals surface area (Å²) in [6.45, 7) is 5.49. The lowest BCUT2D eigenvalue weighted by atomic mass is 10.1. The summed E-state index contributed by atoms with van der Waals surface area (Å²) < 4.78 is 12.8. The Hall–Kier alpha value is -1.29. The van der Waals surface area contributed by atoms with Gasteiger partial charge in [0.25, 0.3) is 0 Å². The summed E-state index contributed by atoms with van der Waals surface area (Å²) in [6.07, 6.45) is 0.678. The topological polar surface area (TPSA) is 50.4 Å². The Bertz CT molecular complexity index is 419. The third-order valence-electron chi connectivity index (χ3n) is 2.34. The summed E-state index contributed by atoms with van der Waals surface area (Å²) in [4.78, 5) is 4.18. The van der Waals surface area contributed by atoms with Gasteiger partial charge in [-0.05, 0) is 30.0 Å². The normalized spacial score (nSPS) is 11.9. The molecule has 0 spiro atoms. The molecule has 0 fully saturated rings. The molecule has 0 aromatic heterocycles. The number of aliphatic imine (C=N–C) groups is 1. The number of hydrogen-bond donors (Lipinski definition) is 2. The Morgan fingerprint density at radius 3 is 2.83 bits per heavy atom. The van der Waals surface area contributed by atoms with Gasteiger partial charge in [0.05, 0.1) is 0 Å². The molecule has 0 bridgehead atoms. The number of guanidine groups is 1. The second kappa shape index (κ2) is 7.21. The van der Waals surface area contributed by atoms with Gasteiger partial charge in [0, 0.05) is 18.1 Å². The molecular weight excluding hydrogens is 253 g/mol. The quantitative estimate of drug-likeness (QED) is 0.639. The van der Waals surface area contributed by atoms with Crippen molar-refractivity contribution in [2.45, 2.75) is 20.3 Å². The summed E-state index contributed by atoms with van der Waals surface area (Å²) in [5.41, 5.74) is 6.59. The highest BCUT2D eigenvalue weighted by atomic mass is 35.5. The molecule has 0 atom stereocenters. The molecule has 0 aliphatic heterocycles. The van der Waals surface area contributed by atoms with Crippen molar-refractivity contribution >= 4 is 17.6 Å². The van der Waals surface area contributed by atoms with Crippen LogP contribution in [0.3, 0.4) is 0 Å². The average Bonchev–Trinajstić information content (AvgIpc) is 2.29. The third kappa shape index (κ3) is 5.36. The zero-order valence-corrected chi connectivity index (χ0v) is 11.5. The number of benzene rings is 1. The van der Waals surface area contributed by atoms with E-state index in [0.717, 1.165) is 5.56 Å². The van der Waals surface area contributed by atoms with Crippen molar-refractivity contribution in [3.63, 3.8) is 0 Å². The lowest BCUT2D eigenvalue weighted by Crippen LogP contribution is -2.33. The van der Waals surface area contributed by atoms with E-state index in [2.05, 4.69) is 24.2 Å². The summed E-state index contributed by atoms with van der Waals surface area (Å²) in [6, 6.07) is 4.39. The van der Waals surface area contributed by atoms with Gasteiger partial charge in [0.1, 0.15) is 5.82 Å². The molecule has 5 heteroatoms. The lowest BCUT2D eigenvalue weighted by Gasteiger charge is -2.08. The van der Waals surface area contributed by atoms with E-state index in [1.54, 1.807) is 6.07 Å². The summed E-state index contributed by atoms with van der Waals surface area (Å²) in [7, 11) is 0. The zero-order valence-electron chi connectivity index (χ0n) is 10.7. The van der Waals surface area contributed by atoms with Crippen molar-refractivity contribution in [3.05, 3.63) is 34.6 Å². The van der Waals surface area contributed by atoms with Gasteiger partial charge in [-0.15, -0.1) is 0 Å². The Labute approximate surface area is 112 Å². The van der Waals surface area contributed by atoms with E-state index in [0.29, 0.717) is 36.4 Å². The molecule has 3 nitrogen and oxygen atoms in total. The zero-order chi connectivity index (χ0) is 13.5. The van der Waals surface area contributed by atoms with Crippen LogP contribution >= 0.6 is 11.6 Å². The van der Waals surface area contributed by atoms with E-state index >= 15 is 0 Å². The number of nitrogens with two attached hydrogens (primary N) is 1. The van der Waals surface area contributed by atoms with E-state index in [4.69, 9.17) is 17.3 Å². The SMILES string of the molecule is CC(C)CN=C(N)NCCc1ccc(F)cc1Cl. The molecular formula is C13H19ClFN3. The van der Waals surface area contributed by atoms with Crippen LogP contribution in [0.4, 0.5) is 4.39 Å². The fourth-order valence-electron chi connectivity index (χ4n) is 1.39. The third-order valence-corrected chi connectivity index (χ3v) is 2.69. The van der Waals surface area contributed by atoms with Crippen LogP contribution in [0.1, 0.15) is 19.4 Å². The van der Waals surface area contributed by atoms with E-state index in [9.17, 15) is 4.39 Å². The molecule has 1 aromatic rings. The summed E-state index contributed by atoms with van der Waals surface area (Å²) in [5.74, 6) is 0.591. The summed E-state index contributed by atoms with van der Waals surface area (Å²) >= 11 is 5.92. The standard InChI is InChI=1S/C13H19ClFN3/c1-9(2)8-18-13(16)17-6-5-10-3-4-11(15)7-12(10)14/h3-4,7,9H,5-6,8H2,1-2H3,(H3,16,17,18). The van der Waals surface area contributed by atoms with Crippen molar-refractivity contribution in [2.24, 2.45) is 16.6 Å². The molecule has 100 valence electrons. The van der Waals surface area contributed by atoms with E-state index in [1.165, 1.54) is 12.1 Å². The van der Waals surface area contributed by atoms with Crippen molar-refractivity contribution in [1.82, 2.24) is 5.32 Å². The number of halogens is 2. The minimum Gasteiger partial charge on any atom is -0.370 e. The molecule has 0 amide bonds. The van der Waals surface area contributed by atoms with Crippen LogP contribution < -0.4 is 11.1 Å². The highest BCUT2D eigenvalue weighted by Crippen LogP contribution is 2.17. The van der Waals surface area contributed by atoms with Gasteiger partial charge in [-0.3, -0.25) is 4.99 Å². The fraction of sp³-hybridized carbons (Fsp3) is 0.462. The van der Waals surface area contributed by atoms with Crippen LogP contribution in [-0.2, 0) is 6.42 Å². The van der Waals surface area contributed by atoms with Gasteiger partial charge >= 0.3 is 0 Å². The van der Waals surface area contributed by atoms with Crippen molar-refractivity contribution in [1.29, 1.82) is 0 Å². The highest BCUT2D eigenvalue weighted by Gasteiger charge is 2.02. The van der Waals surface area contributed by atoms with Crippen LogP contribution in [-0.4, -0.2) is 19.0 Å². The highest BCUT2D eigenvalue weighted by molar-refractivity contribution is 6.31. The fourth-order valence-corrected chi connectivity index (χ4v) is 1.65. The summed E-state index contributed by atoms with van der Waals surface area (Å²) in [5, 5.41) is 3.44. The maximum absolute atomic E-state index is 12.8.